The first-order valence-electron chi connectivity index (χ1n) is 10.1. The lowest BCUT2D eigenvalue weighted by Crippen LogP contribution is -2.39. The summed E-state index contributed by atoms with van der Waals surface area (Å²) < 4.78 is 7.06. The third-order valence-electron chi connectivity index (χ3n) is 5.86. The summed E-state index contributed by atoms with van der Waals surface area (Å²) in [6.45, 7) is 2.70. The number of benzene rings is 1. The minimum atomic E-state index is -0.0732. The number of hydrogen-bond donors (Lipinski definition) is 0. The van der Waals surface area contributed by atoms with E-state index in [1.807, 2.05) is 23.1 Å². The Labute approximate surface area is 185 Å². The molecule has 0 spiro atoms. The van der Waals surface area contributed by atoms with Crippen LogP contribution in [-0.4, -0.2) is 39.1 Å². The molecule has 4 heterocycles. The quantitative estimate of drug-likeness (QED) is 0.465. The van der Waals surface area contributed by atoms with Gasteiger partial charge in [0.2, 0.25) is 5.88 Å². The van der Waals surface area contributed by atoms with Gasteiger partial charge in [-0.1, -0.05) is 29.8 Å². The summed E-state index contributed by atoms with van der Waals surface area (Å²) in [6, 6.07) is 15.7. The zero-order valence-corrected chi connectivity index (χ0v) is 18.0. The third-order valence-corrected chi connectivity index (χ3v) is 6.09. The van der Waals surface area contributed by atoms with Gasteiger partial charge >= 0.3 is 0 Å². The van der Waals surface area contributed by atoms with Gasteiger partial charge in [0.25, 0.3) is 5.91 Å². The molecule has 1 atom stereocenters. The highest BCUT2D eigenvalue weighted by atomic mass is 35.5. The Hall–Kier alpha value is -3.38. The van der Waals surface area contributed by atoms with Gasteiger partial charge in [0.05, 0.1) is 23.7 Å². The van der Waals surface area contributed by atoms with E-state index in [9.17, 15) is 4.79 Å². The maximum atomic E-state index is 13.2. The van der Waals surface area contributed by atoms with Gasteiger partial charge in [0.15, 0.2) is 5.69 Å². The van der Waals surface area contributed by atoms with Crippen molar-refractivity contribution in [2.45, 2.75) is 19.4 Å². The van der Waals surface area contributed by atoms with E-state index in [0.717, 1.165) is 28.6 Å². The summed E-state index contributed by atoms with van der Waals surface area (Å²) in [4.78, 5) is 19.4. The lowest BCUT2D eigenvalue weighted by Gasteiger charge is -2.35. The topological polar surface area (TPSA) is 59.7 Å². The monoisotopic (exact) mass is 432 g/mol. The van der Waals surface area contributed by atoms with Crippen molar-refractivity contribution in [1.29, 1.82) is 0 Å². The molecule has 0 radical (unpaired) electrons. The highest BCUT2D eigenvalue weighted by Gasteiger charge is 2.30. The van der Waals surface area contributed by atoms with Crippen LogP contribution in [0.3, 0.4) is 0 Å². The molecule has 0 saturated carbocycles. The molecule has 1 amide bonds. The van der Waals surface area contributed by atoms with Crippen molar-refractivity contribution in [3.05, 3.63) is 82.8 Å². The van der Waals surface area contributed by atoms with E-state index >= 15 is 0 Å². The SMILES string of the molecule is COc1ncccc1-c1ccc2c(c1)CCN(C(=O)c1cc3ccc(Cl)cn3n1)C2C. The number of halogens is 1. The van der Waals surface area contributed by atoms with E-state index in [0.29, 0.717) is 23.1 Å². The van der Waals surface area contributed by atoms with Crippen LogP contribution in [0.15, 0.2) is 60.9 Å². The normalized spacial score (nSPS) is 15.7. The van der Waals surface area contributed by atoms with Gasteiger partial charge in [-0.15, -0.1) is 0 Å². The van der Waals surface area contributed by atoms with Crippen molar-refractivity contribution in [1.82, 2.24) is 19.5 Å². The summed E-state index contributed by atoms with van der Waals surface area (Å²) in [5, 5.41) is 5.01. The number of pyridine rings is 2. The molecule has 7 heteroatoms. The van der Waals surface area contributed by atoms with E-state index in [4.69, 9.17) is 16.3 Å². The van der Waals surface area contributed by atoms with E-state index < -0.39 is 0 Å². The van der Waals surface area contributed by atoms with Crippen LogP contribution in [0.1, 0.15) is 34.6 Å². The maximum Gasteiger partial charge on any atom is 0.274 e. The molecule has 4 aromatic rings. The summed E-state index contributed by atoms with van der Waals surface area (Å²) in [6.07, 6.45) is 4.21. The van der Waals surface area contributed by atoms with Gasteiger partial charge in [0.1, 0.15) is 0 Å². The molecule has 1 aromatic carbocycles. The first-order valence-corrected chi connectivity index (χ1v) is 10.5. The molecular weight excluding hydrogens is 412 g/mol. The fraction of sp³-hybridized carbons (Fsp3) is 0.208. The van der Waals surface area contributed by atoms with Crippen molar-refractivity contribution in [3.8, 4) is 17.0 Å². The summed E-state index contributed by atoms with van der Waals surface area (Å²) in [5.41, 5.74) is 5.68. The number of methoxy groups -OCH3 is 1. The highest BCUT2D eigenvalue weighted by Crippen LogP contribution is 2.35. The molecular formula is C24H21ClN4O2. The average molecular weight is 433 g/mol. The lowest BCUT2D eigenvalue weighted by molar-refractivity contribution is 0.0671. The predicted octanol–water partition coefficient (Wildman–Crippen LogP) is 4.82. The predicted molar refractivity (Wildman–Crippen MR) is 120 cm³/mol. The number of rotatable bonds is 3. The van der Waals surface area contributed by atoms with E-state index in [-0.39, 0.29) is 11.9 Å². The summed E-state index contributed by atoms with van der Waals surface area (Å²) in [7, 11) is 1.63. The van der Waals surface area contributed by atoms with Crippen LogP contribution < -0.4 is 4.74 Å². The average Bonchev–Trinajstić information content (AvgIpc) is 3.22. The largest absolute Gasteiger partial charge is 0.481 e. The number of nitrogens with zero attached hydrogens (tertiary/aromatic N) is 4. The van der Waals surface area contributed by atoms with Gasteiger partial charge in [-0.25, -0.2) is 9.50 Å². The van der Waals surface area contributed by atoms with Crippen LogP contribution in [0.4, 0.5) is 0 Å². The van der Waals surface area contributed by atoms with Crippen LogP contribution in [-0.2, 0) is 6.42 Å². The van der Waals surface area contributed by atoms with Gasteiger partial charge in [-0.3, -0.25) is 4.79 Å². The first kappa shape index (κ1) is 19.6. The number of carbonyl (C=O) groups is 1. The number of aromatic nitrogens is 3. The Morgan fingerprint density at radius 1 is 1.19 bits per heavy atom. The molecule has 3 aromatic heterocycles. The molecule has 5 rings (SSSR count). The Morgan fingerprint density at radius 2 is 2.06 bits per heavy atom. The van der Waals surface area contributed by atoms with Crippen molar-refractivity contribution in [2.75, 3.05) is 13.7 Å². The molecule has 0 saturated heterocycles. The fourth-order valence-electron chi connectivity index (χ4n) is 4.26. The molecule has 1 aliphatic rings. The highest BCUT2D eigenvalue weighted by molar-refractivity contribution is 6.30. The minimum Gasteiger partial charge on any atom is -0.481 e. The van der Waals surface area contributed by atoms with Crippen LogP contribution in [0.5, 0.6) is 5.88 Å². The van der Waals surface area contributed by atoms with Gasteiger partial charge in [-0.05, 0) is 60.4 Å². The number of ether oxygens (including phenoxy) is 1. The Balaban J connectivity index is 1.44. The second-order valence-electron chi connectivity index (χ2n) is 7.64. The van der Waals surface area contributed by atoms with Crippen LogP contribution in [0.25, 0.3) is 16.6 Å². The maximum absolute atomic E-state index is 13.2. The zero-order valence-electron chi connectivity index (χ0n) is 17.2. The summed E-state index contributed by atoms with van der Waals surface area (Å²) >= 11 is 6.04. The van der Waals surface area contributed by atoms with Crippen molar-refractivity contribution < 1.29 is 9.53 Å². The standard InChI is InChI=1S/C24H21ClN4O2/c1-15-20-8-5-16(21-4-3-10-26-23(21)31-2)12-17(20)9-11-28(15)24(30)22-13-19-7-6-18(25)14-29(19)27-22/h3-8,10,12-15H,9,11H2,1-2H3. The van der Waals surface area contributed by atoms with Crippen molar-refractivity contribution in [3.63, 3.8) is 0 Å². The van der Waals surface area contributed by atoms with Crippen LogP contribution in [0.2, 0.25) is 5.02 Å². The molecule has 0 N–H and O–H groups in total. The molecule has 0 fully saturated rings. The Morgan fingerprint density at radius 3 is 2.90 bits per heavy atom. The van der Waals surface area contributed by atoms with Crippen molar-refractivity contribution >= 4 is 23.0 Å². The third kappa shape index (κ3) is 3.43. The van der Waals surface area contributed by atoms with Gasteiger partial charge in [0, 0.05) is 24.5 Å². The number of fused-ring (bicyclic) bond motifs is 2. The Bertz CT molecular complexity index is 1300. The molecule has 1 aliphatic heterocycles. The van der Waals surface area contributed by atoms with E-state index in [1.54, 1.807) is 36.2 Å². The number of carbonyl (C=O) groups excluding carboxylic acids is 1. The first-order chi connectivity index (χ1) is 15.0. The van der Waals surface area contributed by atoms with Crippen LogP contribution in [0, 0.1) is 0 Å². The lowest BCUT2D eigenvalue weighted by atomic mass is 9.90. The number of hydrogen-bond acceptors (Lipinski definition) is 4. The van der Waals surface area contributed by atoms with Crippen molar-refractivity contribution in [2.24, 2.45) is 0 Å². The number of amides is 1. The minimum absolute atomic E-state index is 0.0468. The summed E-state index contributed by atoms with van der Waals surface area (Å²) in [5.74, 6) is 0.533. The molecule has 31 heavy (non-hydrogen) atoms. The molecule has 1 unspecified atom stereocenters. The second kappa shape index (κ2) is 7.71. The molecule has 0 bridgehead atoms. The zero-order chi connectivity index (χ0) is 21.5. The molecule has 0 aliphatic carbocycles. The van der Waals surface area contributed by atoms with Gasteiger partial charge in [-0.2, -0.15) is 5.10 Å². The molecule has 156 valence electrons. The fourth-order valence-corrected chi connectivity index (χ4v) is 4.42. The smallest absolute Gasteiger partial charge is 0.274 e. The van der Waals surface area contributed by atoms with Gasteiger partial charge < -0.3 is 9.64 Å². The van der Waals surface area contributed by atoms with E-state index in [1.165, 1.54) is 5.56 Å². The van der Waals surface area contributed by atoms with E-state index in [2.05, 4.69) is 35.2 Å². The van der Waals surface area contributed by atoms with Crippen LogP contribution >= 0.6 is 11.6 Å². The molecule has 6 nitrogen and oxygen atoms in total. The Kier molecular flexibility index (Phi) is 4.87. The second-order valence-corrected chi connectivity index (χ2v) is 8.08.